The van der Waals surface area contributed by atoms with Crippen LogP contribution in [-0.2, 0) is 11.3 Å². The first-order chi connectivity index (χ1) is 12.6. The highest BCUT2D eigenvalue weighted by atomic mass is 32.1. The smallest absolute Gasteiger partial charge is 0.170 e. The van der Waals surface area contributed by atoms with Crippen molar-refractivity contribution in [2.24, 2.45) is 0 Å². The molecule has 1 heterocycles. The first-order valence-electron chi connectivity index (χ1n) is 9.09. The van der Waals surface area contributed by atoms with Gasteiger partial charge in [-0.1, -0.05) is 36.4 Å². The zero-order chi connectivity index (χ0) is 18.4. The zero-order valence-electron chi connectivity index (χ0n) is 15.5. The highest BCUT2D eigenvalue weighted by molar-refractivity contribution is 7.80. The van der Waals surface area contributed by atoms with Crippen LogP contribution in [0.15, 0.2) is 48.5 Å². The molecular formula is C21H27N3OS. The molecule has 1 fully saturated rings. The quantitative estimate of drug-likeness (QED) is 0.789. The lowest BCUT2D eigenvalue weighted by Crippen LogP contribution is -2.47. The maximum absolute atomic E-state index is 5.89. The van der Waals surface area contributed by atoms with Crippen LogP contribution in [0.5, 0.6) is 0 Å². The second kappa shape index (κ2) is 9.12. The van der Waals surface area contributed by atoms with Crippen LogP contribution < -0.4 is 10.6 Å². The summed E-state index contributed by atoms with van der Waals surface area (Å²) in [6.07, 6.45) is 0.145. The second-order valence-corrected chi connectivity index (χ2v) is 7.33. The fourth-order valence-corrected chi connectivity index (χ4v) is 3.52. The lowest BCUT2D eigenvalue weighted by Gasteiger charge is -2.33. The molecule has 5 heteroatoms. The molecule has 0 aromatic heterocycles. The van der Waals surface area contributed by atoms with E-state index in [4.69, 9.17) is 17.0 Å². The molecule has 1 aliphatic rings. The van der Waals surface area contributed by atoms with E-state index < -0.39 is 0 Å². The largest absolute Gasteiger partial charge is 0.374 e. The number of anilines is 1. The average Bonchev–Trinajstić information content (AvgIpc) is 2.60. The van der Waals surface area contributed by atoms with Crippen molar-refractivity contribution >= 4 is 23.0 Å². The number of ether oxygens (including phenoxy) is 1. The molecule has 26 heavy (non-hydrogen) atoms. The van der Waals surface area contributed by atoms with Gasteiger partial charge in [0.05, 0.1) is 12.7 Å². The molecule has 1 aliphatic heterocycles. The van der Waals surface area contributed by atoms with Crippen molar-refractivity contribution in [2.75, 3.05) is 31.6 Å². The van der Waals surface area contributed by atoms with Crippen LogP contribution in [0, 0.1) is 13.8 Å². The van der Waals surface area contributed by atoms with Gasteiger partial charge < -0.3 is 15.4 Å². The summed E-state index contributed by atoms with van der Waals surface area (Å²) >= 11 is 5.43. The second-order valence-electron chi connectivity index (χ2n) is 6.92. The van der Waals surface area contributed by atoms with Crippen molar-refractivity contribution in [3.05, 3.63) is 65.2 Å². The van der Waals surface area contributed by atoms with Crippen LogP contribution in [0.1, 0.15) is 16.7 Å². The van der Waals surface area contributed by atoms with E-state index in [0.29, 0.717) is 11.7 Å². The highest BCUT2D eigenvalue weighted by Gasteiger charge is 2.20. The van der Waals surface area contributed by atoms with E-state index in [1.807, 2.05) is 0 Å². The van der Waals surface area contributed by atoms with Crippen LogP contribution >= 0.6 is 12.2 Å². The Labute approximate surface area is 161 Å². The maximum atomic E-state index is 5.89. The molecule has 0 aliphatic carbocycles. The number of thiocarbonyl (C=S) groups is 1. The Morgan fingerprint density at radius 2 is 1.88 bits per heavy atom. The summed E-state index contributed by atoms with van der Waals surface area (Å²) in [6.45, 7) is 8.49. The summed E-state index contributed by atoms with van der Waals surface area (Å²) in [7, 11) is 0. The van der Waals surface area contributed by atoms with Gasteiger partial charge in [-0.25, -0.2) is 0 Å². The van der Waals surface area contributed by atoms with Crippen LogP contribution in [0.4, 0.5) is 5.69 Å². The normalized spacial score (nSPS) is 17.7. The van der Waals surface area contributed by atoms with E-state index in [1.165, 1.54) is 16.7 Å². The topological polar surface area (TPSA) is 36.5 Å². The lowest BCUT2D eigenvalue weighted by molar-refractivity contribution is -0.0279. The molecular weight excluding hydrogens is 342 g/mol. The number of rotatable bonds is 5. The minimum atomic E-state index is 0.145. The number of benzene rings is 2. The average molecular weight is 370 g/mol. The first-order valence-corrected chi connectivity index (χ1v) is 9.50. The standard InChI is InChI=1S/C21H27N3OS/c1-16-10-17(2)12-19(11-16)23-21(26)22-13-20-15-24(8-9-25-20)14-18-6-4-3-5-7-18/h3-7,10-12,20H,8-9,13-15H2,1-2H3,(H2,22,23,26)/t20-/m1/s1. The number of morpholine rings is 1. The van der Waals surface area contributed by atoms with Crippen molar-refractivity contribution in [2.45, 2.75) is 26.5 Å². The Hall–Kier alpha value is -1.95. The number of hydrogen-bond donors (Lipinski definition) is 2. The van der Waals surface area contributed by atoms with E-state index >= 15 is 0 Å². The van der Waals surface area contributed by atoms with Gasteiger partial charge in [0.25, 0.3) is 0 Å². The van der Waals surface area contributed by atoms with Gasteiger partial charge in [-0.05, 0) is 54.9 Å². The molecule has 0 amide bonds. The SMILES string of the molecule is Cc1cc(C)cc(NC(=S)NC[C@@H]2CN(Cc3ccccc3)CCO2)c1. The third-order valence-electron chi connectivity index (χ3n) is 4.44. The van der Waals surface area contributed by atoms with Crippen molar-refractivity contribution < 1.29 is 4.74 Å². The summed E-state index contributed by atoms with van der Waals surface area (Å²) < 4.78 is 5.89. The van der Waals surface area contributed by atoms with Gasteiger partial charge in [0.1, 0.15) is 0 Å². The monoisotopic (exact) mass is 369 g/mol. The predicted octanol–water partition coefficient (Wildman–Crippen LogP) is 3.49. The summed E-state index contributed by atoms with van der Waals surface area (Å²) in [5.74, 6) is 0. The van der Waals surface area contributed by atoms with E-state index in [0.717, 1.165) is 31.9 Å². The van der Waals surface area contributed by atoms with Crippen molar-refractivity contribution in [1.82, 2.24) is 10.2 Å². The molecule has 4 nitrogen and oxygen atoms in total. The van der Waals surface area contributed by atoms with Gasteiger partial charge in [-0.3, -0.25) is 4.90 Å². The Kier molecular flexibility index (Phi) is 6.61. The molecule has 1 saturated heterocycles. The van der Waals surface area contributed by atoms with Crippen LogP contribution in [0.3, 0.4) is 0 Å². The fourth-order valence-electron chi connectivity index (χ4n) is 3.32. The van der Waals surface area contributed by atoms with E-state index in [1.54, 1.807) is 0 Å². The molecule has 2 aromatic rings. The Balaban J connectivity index is 1.45. The van der Waals surface area contributed by atoms with E-state index in [9.17, 15) is 0 Å². The molecule has 3 rings (SSSR count). The molecule has 0 unspecified atom stereocenters. The van der Waals surface area contributed by atoms with E-state index in [2.05, 4.69) is 77.9 Å². The molecule has 0 bridgehead atoms. The summed E-state index contributed by atoms with van der Waals surface area (Å²) in [5, 5.41) is 7.20. The van der Waals surface area contributed by atoms with Gasteiger partial charge >= 0.3 is 0 Å². The summed E-state index contributed by atoms with van der Waals surface area (Å²) in [4.78, 5) is 2.44. The Morgan fingerprint density at radius 3 is 2.62 bits per heavy atom. The van der Waals surface area contributed by atoms with Gasteiger partial charge in [0.15, 0.2) is 5.11 Å². The number of nitrogens with zero attached hydrogens (tertiary/aromatic N) is 1. The molecule has 2 N–H and O–H groups in total. The Bertz CT molecular complexity index is 715. The third kappa shape index (κ3) is 5.80. The molecule has 0 saturated carbocycles. The minimum Gasteiger partial charge on any atom is -0.374 e. The third-order valence-corrected chi connectivity index (χ3v) is 4.69. The molecule has 1 atom stereocenters. The maximum Gasteiger partial charge on any atom is 0.170 e. The number of aryl methyl sites for hydroxylation is 2. The van der Waals surface area contributed by atoms with Crippen molar-refractivity contribution in [1.29, 1.82) is 0 Å². The van der Waals surface area contributed by atoms with E-state index in [-0.39, 0.29) is 6.10 Å². The molecule has 138 valence electrons. The summed E-state index contributed by atoms with van der Waals surface area (Å²) in [5.41, 5.74) is 4.81. The highest BCUT2D eigenvalue weighted by Crippen LogP contribution is 2.14. The number of nitrogens with one attached hydrogen (secondary N) is 2. The van der Waals surface area contributed by atoms with Crippen LogP contribution in [0.2, 0.25) is 0 Å². The van der Waals surface area contributed by atoms with Gasteiger partial charge in [0, 0.05) is 31.9 Å². The molecule has 0 radical (unpaired) electrons. The first kappa shape index (κ1) is 18.8. The van der Waals surface area contributed by atoms with Crippen LogP contribution in [0.25, 0.3) is 0 Å². The van der Waals surface area contributed by atoms with Gasteiger partial charge in [0.2, 0.25) is 0 Å². The van der Waals surface area contributed by atoms with Crippen molar-refractivity contribution in [3.8, 4) is 0 Å². The fraction of sp³-hybridized carbons (Fsp3) is 0.381. The van der Waals surface area contributed by atoms with Gasteiger partial charge in [-0.2, -0.15) is 0 Å². The molecule has 2 aromatic carbocycles. The van der Waals surface area contributed by atoms with Gasteiger partial charge in [-0.15, -0.1) is 0 Å². The summed E-state index contributed by atoms with van der Waals surface area (Å²) in [6, 6.07) is 16.9. The van der Waals surface area contributed by atoms with Crippen LogP contribution in [-0.4, -0.2) is 42.4 Å². The number of hydrogen-bond acceptors (Lipinski definition) is 3. The van der Waals surface area contributed by atoms with Crippen molar-refractivity contribution in [3.63, 3.8) is 0 Å². The minimum absolute atomic E-state index is 0.145. The zero-order valence-corrected chi connectivity index (χ0v) is 16.3. The lowest BCUT2D eigenvalue weighted by atomic mass is 10.1. The Morgan fingerprint density at radius 1 is 1.15 bits per heavy atom. The predicted molar refractivity (Wildman–Crippen MR) is 112 cm³/mol. The molecule has 0 spiro atoms.